The predicted molar refractivity (Wildman–Crippen MR) is 76.8 cm³/mol. The van der Waals surface area contributed by atoms with Crippen LogP contribution in [0.2, 0.25) is 0 Å². The number of hydrogen-bond acceptors (Lipinski definition) is 3. The molecule has 1 saturated carbocycles. The second-order valence-electron chi connectivity index (χ2n) is 6.96. The third-order valence-electron chi connectivity index (χ3n) is 5.47. The summed E-state index contributed by atoms with van der Waals surface area (Å²) in [5.41, 5.74) is -0.848. The third kappa shape index (κ3) is 3.07. The average molecular weight is 295 g/mol. The number of carbonyl (C=O) groups is 2. The van der Waals surface area contributed by atoms with E-state index in [1.54, 1.807) is 0 Å². The molecule has 2 N–H and O–H groups in total. The zero-order chi connectivity index (χ0) is 14.9. The van der Waals surface area contributed by atoms with Gasteiger partial charge in [0, 0.05) is 6.42 Å². The van der Waals surface area contributed by atoms with Crippen molar-refractivity contribution in [3.63, 3.8) is 0 Å². The summed E-state index contributed by atoms with van der Waals surface area (Å²) in [7, 11) is 0. The summed E-state index contributed by atoms with van der Waals surface area (Å²) in [6.07, 6.45) is 8.80. The van der Waals surface area contributed by atoms with Crippen LogP contribution in [0.4, 0.5) is 0 Å². The van der Waals surface area contributed by atoms with E-state index in [0.717, 1.165) is 44.9 Å². The van der Waals surface area contributed by atoms with Crippen LogP contribution in [0, 0.1) is 5.41 Å². The minimum Gasteiger partial charge on any atom is -0.481 e. The van der Waals surface area contributed by atoms with E-state index < -0.39 is 11.4 Å². The lowest BCUT2D eigenvalue weighted by Gasteiger charge is -2.29. The molecule has 2 saturated heterocycles. The lowest BCUT2D eigenvalue weighted by molar-refractivity contribution is -0.153. The van der Waals surface area contributed by atoms with Crippen molar-refractivity contribution < 1.29 is 19.4 Å². The lowest BCUT2D eigenvalue weighted by atomic mass is 9.77. The number of hydrogen-bond donors (Lipinski definition) is 2. The molecule has 0 aromatic heterocycles. The number of aliphatic carboxylic acids is 1. The Hall–Kier alpha value is -1.10. The van der Waals surface area contributed by atoms with Crippen molar-refractivity contribution in [2.75, 3.05) is 0 Å². The van der Waals surface area contributed by atoms with Crippen molar-refractivity contribution >= 4 is 11.9 Å². The first-order valence-electron chi connectivity index (χ1n) is 8.27. The molecular weight excluding hydrogens is 270 g/mol. The van der Waals surface area contributed by atoms with Crippen LogP contribution in [-0.4, -0.2) is 35.2 Å². The van der Waals surface area contributed by atoms with Gasteiger partial charge in [0.2, 0.25) is 5.91 Å². The molecule has 3 rings (SSSR count). The van der Waals surface area contributed by atoms with E-state index in [-0.39, 0.29) is 24.5 Å². The van der Waals surface area contributed by atoms with Crippen LogP contribution >= 0.6 is 0 Å². The number of ether oxygens (including phenoxy) is 1. The average Bonchev–Trinajstić information content (AvgIpc) is 2.96. The zero-order valence-electron chi connectivity index (χ0n) is 12.5. The molecule has 3 atom stereocenters. The molecule has 0 aromatic carbocycles. The number of fused-ring (bicyclic) bond motifs is 2. The summed E-state index contributed by atoms with van der Waals surface area (Å²) in [6.45, 7) is 0. The minimum atomic E-state index is -0.848. The van der Waals surface area contributed by atoms with E-state index in [1.807, 2.05) is 0 Å². The Morgan fingerprint density at radius 1 is 1.14 bits per heavy atom. The molecule has 2 bridgehead atoms. The Morgan fingerprint density at radius 3 is 2.38 bits per heavy atom. The first-order chi connectivity index (χ1) is 10.1. The number of carboxylic acid groups (broad SMARTS) is 1. The number of carboxylic acids is 1. The molecule has 3 aliphatic rings. The molecule has 5 nitrogen and oxygen atoms in total. The van der Waals surface area contributed by atoms with Crippen LogP contribution in [0.15, 0.2) is 0 Å². The van der Waals surface area contributed by atoms with Crippen LogP contribution in [0.25, 0.3) is 0 Å². The smallest absolute Gasteiger partial charge is 0.310 e. The second-order valence-corrected chi connectivity index (χ2v) is 6.96. The van der Waals surface area contributed by atoms with E-state index in [9.17, 15) is 14.7 Å². The monoisotopic (exact) mass is 295 g/mol. The number of rotatable bonds is 4. The van der Waals surface area contributed by atoms with Crippen LogP contribution < -0.4 is 5.32 Å². The molecule has 0 aromatic rings. The Balaban J connectivity index is 1.60. The highest BCUT2D eigenvalue weighted by Gasteiger charge is 2.44. The summed E-state index contributed by atoms with van der Waals surface area (Å²) >= 11 is 0. The van der Waals surface area contributed by atoms with Gasteiger partial charge in [0.15, 0.2) is 0 Å². The molecule has 3 unspecified atom stereocenters. The quantitative estimate of drug-likeness (QED) is 0.780. The Bertz CT molecular complexity index is 415. The van der Waals surface area contributed by atoms with E-state index in [1.165, 1.54) is 0 Å². The molecule has 21 heavy (non-hydrogen) atoms. The summed E-state index contributed by atoms with van der Waals surface area (Å²) in [6, 6.07) is 0.0906. The van der Waals surface area contributed by atoms with Crippen molar-refractivity contribution in [2.45, 2.75) is 82.5 Å². The van der Waals surface area contributed by atoms with Gasteiger partial charge in [-0.05, 0) is 32.1 Å². The van der Waals surface area contributed by atoms with Crippen molar-refractivity contribution in [1.82, 2.24) is 5.32 Å². The summed E-state index contributed by atoms with van der Waals surface area (Å²) in [5.74, 6) is -0.913. The topological polar surface area (TPSA) is 75.6 Å². The molecule has 2 aliphatic heterocycles. The highest BCUT2D eigenvalue weighted by molar-refractivity contribution is 5.85. The fourth-order valence-corrected chi connectivity index (χ4v) is 4.23. The number of amides is 1. The Morgan fingerprint density at radius 2 is 1.86 bits per heavy atom. The Kier molecular flexibility index (Phi) is 4.20. The van der Waals surface area contributed by atoms with E-state index in [4.69, 9.17) is 4.74 Å². The molecule has 118 valence electrons. The van der Waals surface area contributed by atoms with Gasteiger partial charge in [0.1, 0.15) is 0 Å². The fourth-order valence-electron chi connectivity index (χ4n) is 4.23. The van der Waals surface area contributed by atoms with E-state index >= 15 is 0 Å². The van der Waals surface area contributed by atoms with Crippen molar-refractivity contribution in [3.05, 3.63) is 0 Å². The van der Waals surface area contributed by atoms with Gasteiger partial charge in [0.25, 0.3) is 0 Å². The van der Waals surface area contributed by atoms with E-state index in [2.05, 4.69) is 5.32 Å². The van der Waals surface area contributed by atoms with Crippen molar-refractivity contribution in [1.29, 1.82) is 0 Å². The largest absolute Gasteiger partial charge is 0.481 e. The van der Waals surface area contributed by atoms with E-state index in [0.29, 0.717) is 18.9 Å². The summed E-state index contributed by atoms with van der Waals surface area (Å²) < 4.78 is 5.74. The second kappa shape index (κ2) is 5.95. The minimum absolute atomic E-state index is 0.0906. The van der Waals surface area contributed by atoms with Gasteiger partial charge >= 0.3 is 5.97 Å². The maximum absolute atomic E-state index is 12.3. The maximum atomic E-state index is 12.3. The van der Waals surface area contributed by atoms with Crippen LogP contribution in [0.3, 0.4) is 0 Å². The van der Waals surface area contributed by atoms with Crippen LogP contribution in [0.1, 0.15) is 64.2 Å². The molecule has 2 heterocycles. The molecule has 5 heteroatoms. The summed E-state index contributed by atoms with van der Waals surface area (Å²) in [5, 5.41) is 12.7. The molecular formula is C16H25NO4. The van der Waals surface area contributed by atoms with Gasteiger partial charge in [-0.1, -0.05) is 25.7 Å². The Labute approximate surface area is 125 Å². The fraction of sp³-hybridized carbons (Fsp3) is 0.875. The lowest BCUT2D eigenvalue weighted by Crippen LogP contribution is -2.44. The van der Waals surface area contributed by atoms with Crippen LogP contribution in [0.5, 0.6) is 0 Å². The molecule has 1 amide bonds. The van der Waals surface area contributed by atoms with Gasteiger partial charge in [-0.3, -0.25) is 9.59 Å². The standard InChI is InChI=1S/C16H25NO4/c18-14(17-12-9-11-5-6-13(12)21-11)10-16(15(19)20)7-3-1-2-4-8-16/h11-13H,1-10H2,(H,17,18)(H,19,20). The van der Waals surface area contributed by atoms with Gasteiger partial charge < -0.3 is 15.2 Å². The van der Waals surface area contributed by atoms with Crippen molar-refractivity contribution in [3.8, 4) is 0 Å². The number of nitrogens with one attached hydrogen (secondary N) is 1. The van der Waals surface area contributed by atoms with Gasteiger partial charge in [0.05, 0.1) is 23.7 Å². The molecule has 0 spiro atoms. The van der Waals surface area contributed by atoms with Gasteiger partial charge in [-0.25, -0.2) is 0 Å². The third-order valence-corrected chi connectivity index (χ3v) is 5.47. The number of carbonyl (C=O) groups excluding carboxylic acids is 1. The molecule has 0 radical (unpaired) electrons. The van der Waals surface area contributed by atoms with Gasteiger partial charge in [-0.2, -0.15) is 0 Å². The van der Waals surface area contributed by atoms with Crippen LogP contribution in [-0.2, 0) is 14.3 Å². The highest BCUT2D eigenvalue weighted by atomic mass is 16.5. The van der Waals surface area contributed by atoms with Crippen molar-refractivity contribution in [2.24, 2.45) is 5.41 Å². The summed E-state index contributed by atoms with van der Waals surface area (Å²) in [4.78, 5) is 24.1. The predicted octanol–water partition coefficient (Wildman–Crippen LogP) is 2.24. The normalized spacial score (nSPS) is 34.4. The first-order valence-corrected chi connectivity index (χ1v) is 8.27. The molecule has 1 aliphatic carbocycles. The highest BCUT2D eigenvalue weighted by Crippen LogP contribution is 2.39. The molecule has 3 fully saturated rings. The first kappa shape index (κ1) is 14.8. The maximum Gasteiger partial charge on any atom is 0.310 e. The SMILES string of the molecule is O=C(CC1(C(=O)O)CCCCCC1)NC1CC2CCC1O2. The zero-order valence-corrected chi connectivity index (χ0v) is 12.5. The van der Waals surface area contributed by atoms with Gasteiger partial charge in [-0.15, -0.1) is 0 Å².